The molecule has 0 unspecified atom stereocenters. The smallest absolute Gasteiger partial charge is 0.394 e. The molecule has 8 nitrogen and oxygen atoms in total. The standard InChI is InChI=1S/C7H16O4.H2O4S/c1-9-4-5-11-7-6-10-3-2-8;1-5(2,3)4/h8H,2-7H2,1H3;(H2,1,2,3,4). The second kappa shape index (κ2) is 12.8. The number of ether oxygens (including phenoxy) is 3. The Morgan fingerprint density at radius 2 is 1.31 bits per heavy atom. The summed E-state index contributed by atoms with van der Waals surface area (Å²) in [6.45, 7) is 2.75. The highest BCUT2D eigenvalue weighted by atomic mass is 32.3. The van der Waals surface area contributed by atoms with Crippen molar-refractivity contribution in [2.45, 2.75) is 0 Å². The molecule has 0 heterocycles. The van der Waals surface area contributed by atoms with Gasteiger partial charge in [-0.2, -0.15) is 8.42 Å². The normalized spacial score (nSPS) is 10.8. The highest BCUT2D eigenvalue weighted by molar-refractivity contribution is 7.79. The van der Waals surface area contributed by atoms with E-state index in [0.29, 0.717) is 33.0 Å². The highest BCUT2D eigenvalue weighted by Crippen LogP contribution is 1.78. The van der Waals surface area contributed by atoms with E-state index in [1.54, 1.807) is 7.11 Å². The van der Waals surface area contributed by atoms with Gasteiger partial charge in [0.1, 0.15) is 0 Å². The molecule has 0 amide bonds. The van der Waals surface area contributed by atoms with Gasteiger partial charge in [0, 0.05) is 7.11 Å². The summed E-state index contributed by atoms with van der Waals surface area (Å²) in [5, 5.41) is 8.32. The zero-order valence-electron chi connectivity index (χ0n) is 9.03. The molecule has 0 radical (unpaired) electrons. The molecule has 0 aromatic carbocycles. The molecule has 0 saturated carbocycles. The summed E-state index contributed by atoms with van der Waals surface area (Å²) >= 11 is 0. The van der Waals surface area contributed by atoms with Gasteiger partial charge in [0.2, 0.25) is 0 Å². The SMILES string of the molecule is COCCOCCOCCO.O=S(=O)(O)O. The molecule has 0 atom stereocenters. The van der Waals surface area contributed by atoms with E-state index in [4.69, 9.17) is 36.8 Å². The van der Waals surface area contributed by atoms with Gasteiger partial charge in [-0.15, -0.1) is 0 Å². The molecule has 0 rings (SSSR count). The summed E-state index contributed by atoms with van der Waals surface area (Å²) < 4.78 is 46.4. The summed E-state index contributed by atoms with van der Waals surface area (Å²) in [6, 6.07) is 0. The summed E-state index contributed by atoms with van der Waals surface area (Å²) in [4.78, 5) is 0. The van der Waals surface area contributed by atoms with Crippen molar-refractivity contribution in [1.29, 1.82) is 0 Å². The Kier molecular flexibility index (Phi) is 14.4. The molecule has 0 aromatic heterocycles. The minimum absolute atomic E-state index is 0.0675. The van der Waals surface area contributed by atoms with Gasteiger partial charge in [-0.1, -0.05) is 0 Å². The summed E-state index contributed by atoms with van der Waals surface area (Å²) in [7, 11) is -3.04. The van der Waals surface area contributed by atoms with E-state index in [1.807, 2.05) is 0 Å². The number of aliphatic hydroxyl groups excluding tert-OH is 1. The molecule has 100 valence electrons. The Morgan fingerprint density at radius 1 is 0.938 bits per heavy atom. The van der Waals surface area contributed by atoms with Gasteiger partial charge in [0.05, 0.1) is 39.6 Å². The van der Waals surface area contributed by atoms with E-state index in [9.17, 15) is 0 Å². The van der Waals surface area contributed by atoms with Gasteiger partial charge in [-0.3, -0.25) is 9.11 Å². The molecule has 0 aliphatic carbocycles. The van der Waals surface area contributed by atoms with Crippen LogP contribution in [0.4, 0.5) is 0 Å². The highest BCUT2D eigenvalue weighted by Gasteiger charge is 1.87. The van der Waals surface area contributed by atoms with Gasteiger partial charge in [-0.05, 0) is 0 Å². The van der Waals surface area contributed by atoms with Crippen LogP contribution in [0.15, 0.2) is 0 Å². The first-order valence-corrected chi connectivity index (χ1v) is 5.76. The predicted octanol–water partition coefficient (Wildman–Crippen LogP) is -0.994. The molecular formula is C7H18O8S. The van der Waals surface area contributed by atoms with Gasteiger partial charge in [0.15, 0.2) is 0 Å². The lowest BCUT2D eigenvalue weighted by Crippen LogP contribution is -2.09. The average molecular weight is 262 g/mol. The molecule has 3 N–H and O–H groups in total. The maximum atomic E-state index is 8.74. The van der Waals surface area contributed by atoms with Crippen LogP contribution in [0.1, 0.15) is 0 Å². The Bertz CT molecular complexity index is 198. The zero-order valence-corrected chi connectivity index (χ0v) is 9.85. The summed E-state index contributed by atoms with van der Waals surface area (Å²) in [5.41, 5.74) is 0. The van der Waals surface area contributed by atoms with E-state index in [2.05, 4.69) is 0 Å². The number of hydrogen-bond acceptors (Lipinski definition) is 6. The zero-order chi connectivity index (χ0) is 12.9. The number of hydrogen-bond donors (Lipinski definition) is 3. The minimum atomic E-state index is -4.67. The third kappa shape index (κ3) is 37.3. The molecule has 0 saturated heterocycles. The Labute approximate surface area is 94.7 Å². The van der Waals surface area contributed by atoms with Crippen molar-refractivity contribution < 1.29 is 36.8 Å². The average Bonchev–Trinajstić information content (AvgIpc) is 2.14. The topological polar surface area (TPSA) is 123 Å². The number of rotatable bonds is 8. The van der Waals surface area contributed by atoms with Crippen LogP contribution in [0.3, 0.4) is 0 Å². The first-order valence-electron chi connectivity index (χ1n) is 4.37. The van der Waals surface area contributed by atoms with Crippen molar-refractivity contribution in [1.82, 2.24) is 0 Å². The van der Waals surface area contributed by atoms with Crippen LogP contribution in [0, 0.1) is 0 Å². The van der Waals surface area contributed by atoms with Crippen LogP contribution in [0.5, 0.6) is 0 Å². The minimum Gasteiger partial charge on any atom is -0.394 e. The van der Waals surface area contributed by atoms with Crippen molar-refractivity contribution >= 4 is 10.4 Å². The van der Waals surface area contributed by atoms with E-state index in [0.717, 1.165) is 0 Å². The first kappa shape index (κ1) is 18.1. The monoisotopic (exact) mass is 262 g/mol. The summed E-state index contributed by atoms with van der Waals surface area (Å²) in [6.07, 6.45) is 0. The molecule has 9 heteroatoms. The Morgan fingerprint density at radius 3 is 1.69 bits per heavy atom. The largest absolute Gasteiger partial charge is 0.394 e. The second-order valence-corrected chi connectivity index (χ2v) is 3.28. The van der Waals surface area contributed by atoms with Gasteiger partial charge in [0.25, 0.3) is 0 Å². The summed E-state index contributed by atoms with van der Waals surface area (Å²) in [5.74, 6) is 0. The molecular weight excluding hydrogens is 244 g/mol. The van der Waals surface area contributed by atoms with Crippen LogP contribution in [0.25, 0.3) is 0 Å². The lowest BCUT2D eigenvalue weighted by atomic mass is 10.7. The van der Waals surface area contributed by atoms with Crippen LogP contribution in [-0.4, -0.2) is 69.4 Å². The van der Waals surface area contributed by atoms with E-state index < -0.39 is 10.4 Å². The molecule has 0 aliphatic heterocycles. The lowest BCUT2D eigenvalue weighted by molar-refractivity contribution is 0.0159. The van der Waals surface area contributed by atoms with Crippen LogP contribution < -0.4 is 0 Å². The van der Waals surface area contributed by atoms with E-state index in [1.165, 1.54) is 0 Å². The van der Waals surface area contributed by atoms with Crippen molar-refractivity contribution in [3.63, 3.8) is 0 Å². The predicted molar refractivity (Wildman–Crippen MR) is 54.8 cm³/mol. The lowest BCUT2D eigenvalue weighted by Gasteiger charge is -2.03. The fourth-order valence-electron chi connectivity index (χ4n) is 0.529. The van der Waals surface area contributed by atoms with E-state index >= 15 is 0 Å². The Balaban J connectivity index is 0. The van der Waals surface area contributed by atoms with Gasteiger partial charge >= 0.3 is 10.4 Å². The van der Waals surface area contributed by atoms with Crippen LogP contribution in [0.2, 0.25) is 0 Å². The third-order valence-corrected chi connectivity index (χ3v) is 1.04. The van der Waals surface area contributed by atoms with Crippen LogP contribution in [-0.2, 0) is 24.6 Å². The van der Waals surface area contributed by atoms with Gasteiger partial charge in [-0.25, -0.2) is 0 Å². The molecule has 0 aromatic rings. The van der Waals surface area contributed by atoms with Crippen LogP contribution >= 0.6 is 0 Å². The van der Waals surface area contributed by atoms with E-state index in [-0.39, 0.29) is 6.61 Å². The second-order valence-electron chi connectivity index (χ2n) is 2.39. The Hall–Kier alpha value is -0.290. The molecule has 0 aliphatic rings. The first-order chi connectivity index (χ1) is 7.41. The van der Waals surface area contributed by atoms with Crippen molar-refractivity contribution in [3.8, 4) is 0 Å². The maximum absolute atomic E-state index is 8.74. The van der Waals surface area contributed by atoms with Gasteiger partial charge < -0.3 is 19.3 Å². The number of methoxy groups -OCH3 is 1. The van der Waals surface area contributed by atoms with Crippen molar-refractivity contribution in [3.05, 3.63) is 0 Å². The fourth-order valence-corrected chi connectivity index (χ4v) is 0.529. The molecule has 0 bridgehead atoms. The molecule has 0 spiro atoms. The molecule has 16 heavy (non-hydrogen) atoms. The van der Waals surface area contributed by atoms with Crippen molar-refractivity contribution in [2.75, 3.05) is 46.8 Å². The molecule has 0 fully saturated rings. The third-order valence-electron chi connectivity index (χ3n) is 1.04. The fraction of sp³-hybridized carbons (Fsp3) is 1.00. The maximum Gasteiger partial charge on any atom is 0.394 e. The van der Waals surface area contributed by atoms with Crippen molar-refractivity contribution in [2.24, 2.45) is 0 Å². The number of aliphatic hydroxyl groups is 1. The quantitative estimate of drug-likeness (QED) is 0.376.